The maximum atomic E-state index is 13.4. The molecule has 0 bridgehead atoms. The number of anilines is 1. The molecule has 2 N–H and O–H groups in total. The highest BCUT2D eigenvalue weighted by Gasteiger charge is 2.35. The molecule has 5 rings (SSSR count). The normalized spacial score (nSPS) is 22.1. The third kappa shape index (κ3) is 3.89. The van der Waals surface area contributed by atoms with Gasteiger partial charge in [-0.05, 0) is 61.2 Å². The van der Waals surface area contributed by atoms with Crippen LogP contribution in [0.15, 0.2) is 54.6 Å². The average Bonchev–Trinajstić information content (AvgIpc) is 3.32. The molecular formula is C24H25N3O5. The highest BCUT2D eigenvalue weighted by atomic mass is 16.7. The summed E-state index contributed by atoms with van der Waals surface area (Å²) >= 11 is 0. The van der Waals surface area contributed by atoms with Crippen molar-refractivity contribution in [1.82, 2.24) is 4.90 Å². The summed E-state index contributed by atoms with van der Waals surface area (Å²) in [4.78, 5) is 33.1. The molecule has 0 saturated carbocycles. The summed E-state index contributed by atoms with van der Waals surface area (Å²) in [5.41, 5.74) is 7.33. The predicted molar refractivity (Wildman–Crippen MR) is 117 cm³/mol. The molecule has 1 saturated heterocycles. The van der Waals surface area contributed by atoms with Crippen molar-refractivity contribution in [2.45, 2.75) is 31.4 Å². The Bertz CT molecular complexity index is 1050. The minimum atomic E-state index is -0.599. The van der Waals surface area contributed by atoms with E-state index in [1.165, 1.54) is 0 Å². The van der Waals surface area contributed by atoms with Crippen LogP contribution in [0.1, 0.15) is 41.3 Å². The zero-order valence-electron chi connectivity index (χ0n) is 17.6. The first-order valence-electron chi connectivity index (χ1n) is 10.8. The van der Waals surface area contributed by atoms with Crippen molar-refractivity contribution in [2.75, 3.05) is 24.9 Å². The third-order valence-corrected chi connectivity index (χ3v) is 6.00. The number of hydrogen-bond acceptors (Lipinski definition) is 6. The molecule has 2 aromatic carbocycles. The lowest BCUT2D eigenvalue weighted by atomic mass is 10.0. The average molecular weight is 435 g/mol. The fourth-order valence-corrected chi connectivity index (χ4v) is 4.25. The van der Waals surface area contributed by atoms with E-state index in [0.717, 1.165) is 37.9 Å². The number of amides is 2. The van der Waals surface area contributed by atoms with E-state index in [2.05, 4.69) is 0 Å². The zero-order valence-corrected chi connectivity index (χ0v) is 17.6. The number of hydrogen-bond donors (Lipinski definition) is 1. The molecular weight excluding hydrogens is 410 g/mol. The first-order valence-corrected chi connectivity index (χ1v) is 10.8. The summed E-state index contributed by atoms with van der Waals surface area (Å²) in [5, 5.41) is 1.62. The van der Waals surface area contributed by atoms with Gasteiger partial charge in [-0.3, -0.25) is 14.4 Å². The van der Waals surface area contributed by atoms with Gasteiger partial charge in [0, 0.05) is 18.7 Å². The number of fused-ring (bicyclic) bond motifs is 1. The van der Waals surface area contributed by atoms with E-state index < -0.39 is 18.1 Å². The number of carbonyl (C=O) groups is 2. The van der Waals surface area contributed by atoms with Crippen LogP contribution in [0.2, 0.25) is 0 Å². The Morgan fingerprint density at radius 2 is 1.66 bits per heavy atom. The molecule has 2 aromatic rings. The lowest BCUT2D eigenvalue weighted by Crippen LogP contribution is -2.51. The molecule has 3 aliphatic heterocycles. The van der Waals surface area contributed by atoms with Crippen LogP contribution in [0.25, 0.3) is 0 Å². The maximum absolute atomic E-state index is 13.4. The van der Waals surface area contributed by atoms with E-state index in [1.807, 2.05) is 35.3 Å². The molecule has 8 heteroatoms. The van der Waals surface area contributed by atoms with Crippen LogP contribution in [-0.4, -0.2) is 42.6 Å². The van der Waals surface area contributed by atoms with Crippen molar-refractivity contribution >= 4 is 17.5 Å². The lowest BCUT2D eigenvalue weighted by Gasteiger charge is -2.39. The van der Waals surface area contributed by atoms with Gasteiger partial charge in [0.25, 0.3) is 5.91 Å². The number of piperidine rings is 1. The van der Waals surface area contributed by atoms with Gasteiger partial charge in [-0.2, -0.15) is 0 Å². The van der Waals surface area contributed by atoms with Gasteiger partial charge in [0.1, 0.15) is 6.10 Å². The molecule has 2 atom stereocenters. The Hall–Kier alpha value is -3.52. The Kier molecular flexibility index (Phi) is 5.45. The summed E-state index contributed by atoms with van der Waals surface area (Å²) in [6, 6.07) is 11.8. The van der Waals surface area contributed by atoms with E-state index in [9.17, 15) is 9.59 Å². The molecule has 3 heterocycles. The van der Waals surface area contributed by atoms with E-state index >= 15 is 0 Å². The van der Waals surface area contributed by atoms with Gasteiger partial charge in [0.15, 0.2) is 17.5 Å². The van der Waals surface area contributed by atoms with E-state index in [4.69, 9.17) is 20.0 Å². The van der Waals surface area contributed by atoms with Crippen molar-refractivity contribution in [3.63, 3.8) is 0 Å². The van der Waals surface area contributed by atoms with Gasteiger partial charge in [-0.15, -0.1) is 0 Å². The number of primary amides is 1. The molecule has 0 aliphatic carbocycles. The fourth-order valence-electron chi connectivity index (χ4n) is 4.25. The number of rotatable bonds is 4. The van der Waals surface area contributed by atoms with Crippen LogP contribution in [0.4, 0.5) is 5.69 Å². The van der Waals surface area contributed by atoms with Crippen molar-refractivity contribution in [1.29, 1.82) is 0 Å². The maximum Gasteiger partial charge on any atom is 0.251 e. The third-order valence-electron chi connectivity index (χ3n) is 6.00. The second-order valence-corrected chi connectivity index (χ2v) is 8.09. The number of ether oxygens (including phenoxy) is 2. The molecule has 0 radical (unpaired) electrons. The molecule has 2 unspecified atom stereocenters. The largest absolute Gasteiger partial charge is 0.454 e. The minimum Gasteiger partial charge on any atom is -0.454 e. The highest BCUT2D eigenvalue weighted by Crippen LogP contribution is 2.38. The van der Waals surface area contributed by atoms with Crippen LogP contribution in [0.5, 0.6) is 11.5 Å². The second-order valence-electron chi connectivity index (χ2n) is 8.09. The van der Waals surface area contributed by atoms with E-state index in [1.54, 1.807) is 29.3 Å². The molecule has 32 heavy (non-hydrogen) atoms. The van der Waals surface area contributed by atoms with Crippen LogP contribution in [0.3, 0.4) is 0 Å². The van der Waals surface area contributed by atoms with Gasteiger partial charge >= 0.3 is 0 Å². The summed E-state index contributed by atoms with van der Waals surface area (Å²) < 4.78 is 10.9. The Morgan fingerprint density at radius 1 is 0.906 bits per heavy atom. The second kappa shape index (κ2) is 8.55. The standard InChI is InChI=1S/C24H25N3O5/c25-23(28)16-4-7-18(8-5-16)27-19(24(29)26-12-2-1-3-13-26)9-11-20(32-27)17-6-10-21-22(14-17)31-15-30-21/h4-11,14,19-20H,1-3,12-13,15H2,(H2,25,28). The minimum absolute atomic E-state index is 0.00376. The lowest BCUT2D eigenvalue weighted by molar-refractivity contribution is -0.135. The number of benzene rings is 2. The van der Waals surface area contributed by atoms with Crippen LogP contribution in [0, 0.1) is 0 Å². The van der Waals surface area contributed by atoms with Crippen LogP contribution >= 0.6 is 0 Å². The number of nitrogens with two attached hydrogens (primary N) is 1. The predicted octanol–water partition coefficient (Wildman–Crippen LogP) is 2.94. The van der Waals surface area contributed by atoms with E-state index in [0.29, 0.717) is 22.7 Å². The van der Waals surface area contributed by atoms with E-state index in [-0.39, 0.29) is 12.7 Å². The monoisotopic (exact) mass is 435 g/mol. The van der Waals surface area contributed by atoms with Gasteiger partial charge < -0.3 is 20.1 Å². The zero-order chi connectivity index (χ0) is 22.1. The first kappa shape index (κ1) is 20.4. The van der Waals surface area contributed by atoms with Crippen molar-refractivity contribution < 1.29 is 23.9 Å². The highest BCUT2D eigenvalue weighted by molar-refractivity contribution is 5.93. The SMILES string of the molecule is NC(=O)c1ccc(N2OC(c3ccc4c(c3)OCO4)C=CC2C(=O)N2CCCCC2)cc1. The number of nitrogens with zero attached hydrogens (tertiary/aromatic N) is 2. The smallest absolute Gasteiger partial charge is 0.251 e. The quantitative estimate of drug-likeness (QED) is 0.742. The Balaban J connectivity index is 1.46. The molecule has 8 nitrogen and oxygen atoms in total. The topological polar surface area (TPSA) is 94.3 Å². The van der Waals surface area contributed by atoms with Gasteiger partial charge in [-0.1, -0.05) is 18.2 Å². The number of hydroxylamine groups is 1. The summed E-state index contributed by atoms with van der Waals surface area (Å²) in [6.45, 7) is 1.71. The molecule has 166 valence electrons. The van der Waals surface area contributed by atoms with Crippen molar-refractivity contribution in [3.05, 3.63) is 65.7 Å². The molecule has 2 amide bonds. The van der Waals surface area contributed by atoms with Crippen molar-refractivity contribution in [3.8, 4) is 11.5 Å². The number of likely N-dealkylation sites (tertiary alicyclic amines) is 1. The van der Waals surface area contributed by atoms with Gasteiger partial charge in [-0.25, -0.2) is 5.06 Å². The molecule has 1 fully saturated rings. The van der Waals surface area contributed by atoms with Gasteiger partial charge in [0.05, 0.1) is 5.69 Å². The summed E-state index contributed by atoms with van der Waals surface area (Å²) in [7, 11) is 0. The molecule has 3 aliphatic rings. The first-order chi connectivity index (χ1) is 15.6. The fraction of sp³-hybridized carbons (Fsp3) is 0.333. The Labute approximate surface area is 186 Å². The summed E-state index contributed by atoms with van der Waals surface area (Å²) in [5.74, 6) is 0.869. The Morgan fingerprint density at radius 3 is 2.41 bits per heavy atom. The van der Waals surface area contributed by atoms with Crippen LogP contribution < -0.4 is 20.3 Å². The van der Waals surface area contributed by atoms with Crippen LogP contribution in [-0.2, 0) is 9.63 Å². The summed E-state index contributed by atoms with van der Waals surface area (Å²) in [6.07, 6.45) is 6.54. The van der Waals surface area contributed by atoms with Crippen molar-refractivity contribution in [2.24, 2.45) is 5.73 Å². The van der Waals surface area contributed by atoms with Gasteiger partial charge in [0.2, 0.25) is 12.7 Å². The molecule has 0 aromatic heterocycles. The molecule has 0 spiro atoms. The number of carbonyl (C=O) groups excluding carboxylic acids is 2.